The van der Waals surface area contributed by atoms with Crippen molar-refractivity contribution in [1.82, 2.24) is 4.98 Å². The number of rotatable bonds is 2. The van der Waals surface area contributed by atoms with Gasteiger partial charge in [0.25, 0.3) is 0 Å². The third kappa shape index (κ3) is 1.57. The molecular weight excluding hydrogens is 294 g/mol. The summed E-state index contributed by atoms with van der Waals surface area (Å²) in [5, 5.41) is 1.97. The minimum absolute atomic E-state index is 0.600. The molecule has 1 heterocycles. The van der Waals surface area contributed by atoms with E-state index in [-0.39, 0.29) is 0 Å². The highest BCUT2D eigenvalue weighted by atomic mass is 79.9. The number of hydrogen-bond acceptors (Lipinski definition) is 2. The van der Waals surface area contributed by atoms with Crippen molar-refractivity contribution in [2.75, 3.05) is 0 Å². The van der Waals surface area contributed by atoms with Crippen LogP contribution in [0.3, 0.4) is 0 Å². The lowest BCUT2D eigenvalue weighted by atomic mass is 10.1. The highest BCUT2D eigenvalue weighted by Crippen LogP contribution is 2.30. The zero-order valence-electron chi connectivity index (χ0n) is 9.24. The number of carbonyl (C=O) groups excluding carboxylic acids is 2. The number of halogens is 1. The Bertz CT molecular complexity index is 789. The van der Waals surface area contributed by atoms with E-state index < -0.39 is 0 Å². The molecule has 0 fully saturated rings. The van der Waals surface area contributed by atoms with Crippen LogP contribution in [0.2, 0.25) is 0 Å². The highest BCUT2D eigenvalue weighted by Gasteiger charge is 2.09. The van der Waals surface area contributed by atoms with Gasteiger partial charge in [0.05, 0.1) is 5.52 Å². The number of hydrogen-bond donors (Lipinski definition) is 1. The molecule has 4 heteroatoms. The number of aldehydes is 2. The minimum Gasteiger partial charge on any atom is -0.354 e. The van der Waals surface area contributed by atoms with Gasteiger partial charge in [0.15, 0.2) is 6.29 Å². The molecule has 1 N–H and O–H groups in total. The van der Waals surface area contributed by atoms with E-state index in [1.165, 1.54) is 0 Å². The van der Waals surface area contributed by atoms with Crippen LogP contribution in [0.15, 0.2) is 34.8 Å². The number of benzene rings is 2. The summed E-state index contributed by atoms with van der Waals surface area (Å²) in [5.74, 6) is 0. The van der Waals surface area contributed by atoms with Gasteiger partial charge in [-0.05, 0) is 18.2 Å². The molecule has 18 heavy (non-hydrogen) atoms. The zero-order valence-corrected chi connectivity index (χ0v) is 10.8. The van der Waals surface area contributed by atoms with Gasteiger partial charge in [-0.3, -0.25) is 9.59 Å². The fraction of sp³-hybridized carbons (Fsp3) is 0. The Morgan fingerprint density at radius 2 is 1.83 bits per heavy atom. The molecule has 0 spiro atoms. The Kier molecular flexibility index (Phi) is 2.52. The summed E-state index contributed by atoms with van der Waals surface area (Å²) in [6, 6.07) is 9.17. The van der Waals surface area contributed by atoms with E-state index in [2.05, 4.69) is 20.9 Å². The lowest BCUT2D eigenvalue weighted by Crippen LogP contribution is -1.82. The average Bonchev–Trinajstić information content (AvgIpc) is 2.75. The third-order valence-electron chi connectivity index (χ3n) is 2.99. The number of carbonyl (C=O) groups is 2. The monoisotopic (exact) mass is 301 g/mol. The molecule has 0 aliphatic carbocycles. The van der Waals surface area contributed by atoms with Crippen molar-refractivity contribution in [2.24, 2.45) is 0 Å². The first kappa shape index (κ1) is 11.2. The molecule has 1 aromatic heterocycles. The van der Waals surface area contributed by atoms with E-state index in [1.807, 2.05) is 12.1 Å². The number of aromatic amines is 1. The predicted molar refractivity (Wildman–Crippen MR) is 74.3 cm³/mol. The van der Waals surface area contributed by atoms with Crippen LogP contribution in [0.1, 0.15) is 20.7 Å². The van der Waals surface area contributed by atoms with Crippen molar-refractivity contribution in [1.29, 1.82) is 0 Å². The molecule has 3 rings (SSSR count). The van der Waals surface area contributed by atoms with Gasteiger partial charge < -0.3 is 4.98 Å². The Hall–Kier alpha value is -1.94. The topological polar surface area (TPSA) is 49.9 Å². The maximum atomic E-state index is 11.1. The molecule has 88 valence electrons. The third-order valence-corrected chi connectivity index (χ3v) is 3.45. The van der Waals surface area contributed by atoms with Crippen LogP contribution < -0.4 is 0 Å². The molecule has 2 aromatic carbocycles. The van der Waals surface area contributed by atoms with Gasteiger partial charge in [-0.1, -0.05) is 28.1 Å². The highest BCUT2D eigenvalue weighted by molar-refractivity contribution is 9.10. The lowest BCUT2D eigenvalue weighted by Gasteiger charge is -1.96. The van der Waals surface area contributed by atoms with Crippen LogP contribution in [0.5, 0.6) is 0 Å². The van der Waals surface area contributed by atoms with Crippen molar-refractivity contribution in [3.8, 4) is 0 Å². The molecule has 0 saturated carbocycles. The Labute approximate surface area is 111 Å². The lowest BCUT2D eigenvalue weighted by molar-refractivity contribution is 0.111. The van der Waals surface area contributed by atoms with Gasteiger partial charge in [0.2, 0.25) is 0 Å². The fourth-order valence-electron chi connectivity index (χ4n) is 2.18. The average molecular weight is 302 g/mol. The first-order valence-corrected chi connectivity index (χ1v) is 6.17. The van der Waals surface area contributed by atoms with Crippen molar-refractivity contribution in [3.05, 3.63) is 45.9 Å². The van der Waals surface area contributed by atoms with Gasteiger partial charge in [0.1, 0.15) is 6.29 Å². The maximum absolute atomic E-state index is 11.1. The summed E-state index contributed by atoms with van der Waals surface area (Å²) >= 11 is 3.39. The molecule has 0 amide bonds. The maximum Gasteiger partial charge on any atom is 0.152 e. The summed E-state index contributed by atoms with van der Waals surface area (Å²) < 4.78 is 0.859. The van der Waals surface area contributed by atoms with E-state index in [4.69, 9.17) is 0 Å². The largest absolute Gasteiger partial charge is 0.354 e. The van der Waals surface area contributed by atoms with Crippen LogP contribution in [0.4, 0.5) is 0 Å². The van der Waals surface area contributed by atoms with E-state index in [0.29, 0.717) is 11.1 Å². The zero-order chi connectivity index (χ0) is 12.7. The molecular formula is C14H8BrNO2. The minimum atomic E-state index is 0.600. The van der Waals surface area contributed by atoms with Crippen molar-refractivity contribution in [3.63, 3.8) is 0 Å². The number of aromatic nitrogens is 1. The van der Waals surface area contributed by atoms with E-state index in [9.17, 15) is 9.59 Å². The first-order chi connectivity index (χ1) is 8.72. The SMILES string of the molecule is O=Cc1ccc2c(c1)[nH]c1c(C=O)cc(Br)cc12. The normalized spacial score (nSPS) is 10.9. The quantitative estimate of drug-likeness (QED) is 0.734. The predicted octanol–water partition coefficient (Wildman–Crippen LogP) is 3.71. The van der Waals surface area contributed by atoms with Gasteiger partial charge >= 0.3 is 0 Å². The summed E-state index contributed by atoms with van der Waals surface area (Å²) in [6.45, 7) is 0. The Balaban J connectivity index is 2.49. The van der Waals surface area contributed by atoms with E-state index in [1.54, 1.807) is 18.2 Å². The molecule has 0 bridgehead atoms. The second kappa shape index (κ2) is 4.07. The van der Waals surface area contributed by atoms with Crippen LogP contribution in [0.25, 0.3) is 21.8 Å². The number of H-pyrrole nitrogens is 1. The van der Waals surface area contributed by atoms with E-state index in [0.717, 1.165) is 38.9 Å². The second-order valence-electron chi connectivity index (χ2n) is 4.08. The molecule has 0 aliphatic rings. The smallest absolute Gasteiger partial charge is 0.152 e. The molecule has 0 aliphatic heterocycles. The van der Waals surface area contributed by atoms with Crippen molar-refractivity contribution < 1.29 is 9.59 Å². The molecule has 0 radical (unpaired) electrons. The van der Waals surface area contributed by atoms with Gasteiger partial charge in [-0.25, -0.2) is 0 Å². The summed E-state index contributed by atoms with van der Waals surface area (Å²) in [4.78, 5) is 25.0. The first-order valence-electron chi connectivity index (χ1n) is 5.38. The molecule has 0 atom stereocenters. The van der Waals surface area contributed by atoms with Crippen LogP contribution in [0, 0.1) is 0 Å². The Morgan fingerprint density at radius 1 is 1.00 bits per heavy atom. The van der Waals surface area contributed by atoms with E-state index >= 15 is 0 Å². The summed E-state index contributed by atoms with van der Waals surface area (Å²) in [7, 11) is 0. The van der Waals surface area contributed by atoms with Gasteiger partial charge in [0, 0.05) is 31.9 Å². The van der Waals surface area contributed by atoms with Crippen LogP contribution in [-0.4, -0.2) is 17.6 Å². The van der Waals surface area contributed by atoms with Crippen molar-refractivity contribution >= 4 is 50.3 Å². The van der Waals surface area contributed by atoms with Crippen LogP contribution >= 0.6 is 15.9 Å². The summed E-state index contributed by atoms with van der Waals surface area (Å²) in [6.07, 6.45) is 1.63. The summed E-state index contributed by atoms with van der Waals surface area (Å²) in [5.41, 5.74) is 2.87. The molecule has 0 unspecified atom stereocenters. The standard InChI is InChI=1S/C14H8BrNO2/c15-10-4-9(7-18)14-12(5-10)11-2-1-8(6-17)3-13(11)16-14/h1-7,16H. The molecule has 3 nitrogen and oxygen atoms in total. The van der Waals surface area contributed by atoms with Crippen LogP contribution in [-0.2, 0) is 0 Å². The molecule has 0 saturated heterocycles. The number of fused-ring (bicyclic) bond motifs is 3. The molecule has 3 aromatic rings. The van der Waals surface area contributed by atoms with Crippen molar-refractivity contribution in [2.45, 2.75) is 0 Å². The second-order valence-corrected chi connectivity index (χ2v) is 5.00. The van der Waals surface area contributed by atoms with Gasteiger partial charge in [-0.2, -0.15) is 0 Å². The Morgan fingerprint density at radius 3 is 2.56 bits per heavy atom. The number of nitrogens with one attached hydrogen (secondary N) is 1. The van der Waals surface area contributed by atoms with Gasteiger partial charge in [-0.15, -0.1) is 0 Å². The fourth-order valence-corrected chi connectivity index (χ4v) is 2.66.